The number of sulfonamides is 1. The van der Waals surface area contributed by atoms with Crippen LogP contribution in [0, 0.1) is 0 Å². The van der Waals surface area contributed by atoms with Gasteiger partial charge in [0.1, 0.15) is 5.75 Å². The van der Waals surface area contributed by atoms with Crippen LogP contribution in [0.25, 0.3) is 0 Å². The van der Waals surface area contributed by atoms with E-state index in [-0.39, 0.29) is 17.5 Å². The van der Waals surface area contributed by atoms with Gasteiger partial charge >= 0.3 is 0 Å². The van der Waals surface area contributed by atoms with Gasteiger partial charge in [0.25, 0.3) is 0 Å². The molecule has 0 saturated carbocycles. The number of methoxy groups -OCH3 is 1. The summed E-state index contributed by atoms with van der Waals surface area (Å²) in [7, 11) is -2.01. The Labute approximate surface area is 141 Å². The van der Waals surface area contributed by atoms with E-state index in [0.717, 1.165) is 12.0 Å². The van der Waals surface area contributed by atoms with Crippen LogP contribution in [0.4, 0.5) is 0 Å². The van der Waals surface area contributed by atoms with E-state index in [1.165, 1.54) is 0 Å². The summed E-state index contributed by atoms with van der Waals surface area (Å²) in [6, 6.07) is 8.33. The summed E-state index contributed by atoms with van der Waals surface area (Å²) in [4.78, 5) is 0.210. The van der Waals surface area contributed by atoms with Crippen molar-refractivity contribution in [3.8, 4) is 5.75 Å². The van der Waals surface area contributed by atoms with Crippen LogP contribution in [-0.4, -0.2) is 28.7 Å². The highest BCUT2D eigenvalue weighted by atomic mass is 32.2. The van der Waals surface area contributed by atoms with Crippen LogP contribution in [-0.2, 0) is 14.8 Å². The molecule has 2 rings (SSSR count). The number of hydrogen-bond acceptors (Lipinski definition) is 5. The Balaban J connectivity index is 2.00. The molecule has 2 aromatic rings. The van der Waals surface area contributed by atoms with Crippen molar-refractivity contribution in [1.82, 2.24) is 4.72 Å². The molecule has 5 nitrogen and oxygen atoms in total. The molecule has 0 saturated heterocycles. The number of rotatable bonds is 9. The molecule has 0 unspecified atom stereocenters. The molecule has 1 aromatic carbocycles. The predicted octanol–water partition coefficient (Wildman–Crippen LogP) is 3.20. The lowest BCUT2D eigenvalue weighted by atomic mass is 10.2. The summed E-state index contributed by atoms with van der Waals surface area (Å²) in [5.74, 6) is 0.666. The molecule has 0 aliphatic rings. The minimum atomic E-state index is -3.58. The van der Waals surface area contributed by atoms with E-state index >= 15 is 0 Å². The maximum atomic E-state index is 12.3. The molecule has 23 heavy (non-hydrogen) atoms. The van der Waals surface area contributed by atoms with Crippen molar-refractivity contribution in [2.24, 2.45) is 0 Å². The van der Waals surface area contributed by atoms with E-state index in [1.807, 2.05) is 23.8 Å². The van der Waals surface area contributed by atoms with Crippen molar-refractivity contribution < 1.29 is 17.9 Å². The van der Waals surface area contributed by atoms with Crippen LogP contribution in [0.3, 0.4) is 0 Å². The first kappa shape index (κ1) is 17.9. The second-order valence-corrected chi connectivity index (χ2v) is 7.50. The van der Waals surface area contributed by atoms with E-state index < -0.39 is 10.0 Å². The maximum absolute atomic E-state index is 12.3. The highest BCUT2D eigenvalue weighted by Gasteiger charge is 2.18. The molecule has 0 radical (unpaired) electrons. The van der Waals surface area contributed by atoms with Crippen molar-refractivity contribution in [3.63, 3.8) is 0 Å². The van der Waals surface area contributed by atoms with Crippen molar-refractivity contribution in [1.29, 1.82) is 0 Å². The van der Waals surface area contributed by atoms with Crippen LogP contribution in [0.5, 0.6) is 5.75 Å². The number of thiophene rings is 1. The number of benzene rings is 1. The zero-order valence-corrected chi connectivity index (χ0v) is 14.8. The van der Waals surface area contributed by atoms with Gasteiger partial charge in [-0.25, -0.2) is 13.1 Å². The fraction of sp³-hybridized carbons (Fsp3) is 0.375. The second kappa shape index (κ2) is 8.44. The maximum Gasteiger partial charge on any atom is 0.240 e. The fourth-order valence-corrected chi connectivity index (χ4v) is 3.73. The van der Waals surface area contributed by atoms with Crippen LogP contribution in [0.1, 0.15) is 25.0 Å². The first-order valence-electron chi connectivity index (χ1n) is 7.34. The van der Waals surface area contributed by atoms with Gasteiger partial charge in [-0.15, -0.1) is 0 Å². The molecule has 126 valence electrons. The van der Waals surface area contributed by atoms with Gasteiger partial charge in [-0.05, 0) is 53.1 Å². The van der Waals surface area contributed by atoms with E-state index in [0.29, 0.717) is 12.4 Å². The van der Waals surface area contributed by atoms with Crippen molar-refractivity contribution in [2.45, 2.75) is 24.3 Å². The van der Waals surface area contributed by atoms with Gasteiger partial charge < -0.3 is 9.47 Å². The molecule has 0 spiro atoms. The third-order valence-electron chi connectivity index (χ3n) is 3.27. The standard InChI is InChI=1S/C16H21NO4S2/c1-3-9-21-14-4-6-15(7-5-14)23(18,19)17-11-16(20-2)13-8-10-22-12-13/h4-8,10,12,16-17H,3,9,11H2,1-2H3/t16-/m1/s1. The Hall–Kier alpha value is -1.41. The first-order valence-corrected chi connectivity index (χ1v) is 9.77. The third-order valence-corrected chi connectivity index (χ3v) is 5.41. The van der Waals surface area contributed by atoms with Crippen LogP contribution in [0.2, 0.25) is 0 Å². The number of hydrogen-bond donors (Lipinski definition) is 1. The Bertz CT molecular complexity index is 681. The quantitative estimate of drug-likeness (QED) is 0.750. The SMILES string of the molecule is CCCOc1ccc(S(=O)(=O)NC[C@@H](OC)c2ccsc2)cc1. The Morgan fingerprint density at radius 1 is 1.22 bits per heavy atom. The Kier molecular flexibility index (Phi) is 6.59. The van der Waals surface area contributed by atoms with E-state index in [9.17, 15) is 8.42 Å². The molecule has 1 atom stereocenters. The highest BCUT2D eigenvalue weighted by Crippen LogP contribution is 2.20. The van der Waals surface area contributed by atoms with Gasteiger partial charge in [0.15, 0.2) is 0 Å². The van der Waals surface area contributed by atoms with Gasteiger partial charge in [-0.1, -0.05) is 6.92 Å². The highest BCUT2D eigenvalue weighted by molar-refractivity contribution is 7.89. The zero-order valence-electron chi connectivity index (χ0n) is 13.2. The Morgan fingerprint density at radius 2 is 1.96 bits per heavy atom. The molecule has 0 aliphatic heterocycles. The van der Waals surface area contributed by atoms with Crippen molar-refractivity contribution in [3.05, 3.63) is 46.7 Å². The summed E-state index contributed by atoms with van der Waals surface area (Å²) in [5.41, 5.74) is 0.962. The largest absolute Gasteiger partial charge is 0.494 e. The lowest BCUT2D eigenvalue weighted by molar-refractivity contribution is 0.107. The predicted molar refractivity (Wildman–Crippen MR) is 91.5 cm³/mol. The topological polar surface area (TPSA) is 64.6 Å². The average Bonchev–Trinajstić information content (AvgIpc) is 3.08. The lowest BCUT2D eigenvalue weighted by Gasteiger charge is -2.15. The molecule has 0 fully saturated rings. The minimum absolute atomic E-state index is 0.184. The number of nitrogens with one attached hydrogen (secondary N) is 1. The van der Waals surface area contributed by atoms with Gasteiger partial charge in [0.2, 0.25) is 10.0 Å². The van der Waals surface area contributed by atoms with Gasteiger partial charge in [-0.3, -0.25) is 0 Å². The van der Waals surface area contributed by atoms with Gasteiger partial charge in [0, 0.05) is 13.7 Å². The zero-order chi connectivity index (χ0) is 16.7. The molecular weight excluding hydrogens is 334 g/mol. The average molecular weight is 355 g/mol. The molecule has 1 heterocycles. The smallest absolute Gasteiger partial charge is 0.240 e. The monoisotopic (exact) mass is 355 g/mol. The molecule has 0 amide bonds. The van der Waals surface area contributed by atoms with Gasteiger partial charge in [-0.2, -0.15) is 11.3 Å². The summed E-state index contributed by atoms with van der Waals surface area (Å²) in [6.07, 6.45) is 0.603. The minimum Gasteiger partial charge on any atom is -0.494 e. The van der Waals surface area contributed by atoms with Crippen LogP contribution < -0.4 is 9.46 Å². The fourth-order valence-electron chi connectivity index (χ4n) is 2.00. The molecular formula is C16H21NO4S2. The lowest BCUT2D eigenvalue weighted by Crippen LogP contribution is -2.29. The van der Waals surface area contributed by atoms with Crippen molar-refractivity contribution in [2.75, 3.05) is 20.3 Å². The molecule has 0 aliphatic carbocycles. The third kappa shape index (κ3) is 5.04. The van der Waals surface area contributed by atoms with E-state index in [1.54, 1.807) is 42.7 Å². The summed E-state index contributed by atoms with van der Waals surface area (Å²) in [6.45, 7) is 2.81. The number of ether oxygens (including phenoxy) is 2. The van der Waals surface area contributed by atoms with E-state index in [2.05, 4.69) is 4.72 Å². The molecule has 1 aromatic heterocycles. The second-order valence-electron chi connectivity index (χ2n) is 4.95. The summed E-state index contributed by atoms with van der Waals surface area (Å²) in [5, 5.41) is 3.88. The molecule has 0 bridgehead atoms. The molecule has 7 heteroatoms. The van der Waals surface area contributed by atoms with Crippen molar-refractivity contribution >= 4 is 21.4 Å². The van der Waals surface area contributed by atoms with Crippen LogP contribution >= 0.6 is 11.3 Å². The van der Waals surface area contributed by atoms with E-state index in [4.69, 9.17) is 9.47 Å². The van der Waals surface area contributed by atoms with Gasteiger partial charge in [0.05, 0.1) is 17.6 Å². The Morgan fingerprint density at radius 3 is 2.52 bits per heavy atom. The molecule has 1 N–H and O–H groups in total. The summed E-state index contributed by atoms with van der Waals surface area (Å²) >= 11 is 1.55. The van der Waals surface area contributed by atoms with Crippen LogP contribution in [0.15, 0.2) is 46.0 Å². The normalized spacial score (nSPS) is 13.0. The first-order chi connectivity index (χ1) is 11.1. The summed E-state index contributed by atoms with van der Waals surface area (Å²) < 4.78 is 38.1.